The second kappa shape index (κ2) is 7.01. The van der Waals surface area contributed by atoms with Crippen LogP contribution < -0.4 is 16.1 Å². The van der Waals surface area contributed by atoms with Crippen LogP contribution in [0.25, 0.3) is 0 Å². The van der Waals surface area contributed by atoms with E-state index in [4.69, 9.17) is 18.0 Å². The van der Waals surface area contributed by atoms with Crippen molar-refractivity contribution < 1.29 is 9.72 Å². The maximum atomic E-state index is 11.5. The van der Waals surface area contributed by atoms with Gasteiger partial charge >= 0.3 is 0 Å². The van der Waals surface area contributed by atoms with E-state index >= 15 is 0 Å². The van der Waals surface area contributed by atoms with Gasteiger partial charge in [-0.1, -0.05) is 6.07 Å². The number of rotatable bonds is 3. The van der Waals surface area contributed by atoms with Crippen LogP contribution in [0.5, 0.6) is 0 Å². The number of nitrogens with zero attached hydrogens (tertiary/aromatic N) is 4. The summed E-state index contributed by atoms with van der Waals surface area (Å²) in [6.07, 6.45) is 0.796. The summed E-state index contributed by atoms with van der Waals surface area (Å²) in [7, 11) is 0. The SMILES string of the molecule is NC(=S)N1CCN(c2ccc(C3=NNC(=O)CC3)cc2[N+](=O)[O-])CC1. The number of nitrogens with two attached hydrogens (primary N) is 1. The lowest BCUT2D eigenvalue weighted by Gasteiger charge is -2.36. The molecule has 132 valence electrons. The lowest BCUT2D eigenvalue weighted by atomic mass is 10.0. The van der Waals surface area contributed by atoms with Crippen LogP contribution in [-0.4, -0.2) is 52.7 Å². The number of carbonyl (C=O) groups is 1. The minimum Gasteiger partial charge on any atom is -0.376 e. The summed E-state index contributed by atoms with van der Waals surface area (Å²) in [4.78, 5) is 26.2. The Morgan fingerprint density at radius 3 is 2.56 bits per heavy atom. The van der Waals surface area contributed by atoms with Crippen molar-refractivity contribution in [3.8, 4) is 0 Å². The van der Waals surface area contributed by atoms with Crippen molar-refractivity contribution in [2.24, 2.45) is 10.8 Å². The Labute approximate surface area is 149 Å². The highest BCUT2D eigenvalue weighted by Gasteiger charge is 2.25. The molecule has 9 nitrogen and oxygen atoms in total. The zero-order valence-electron chi connectivity index (χ0n) is 13.5. The largest absolute Gasteiger partial charge is 0.376 e. The number of anilines is 1. The fraction of sp³-hybridized carbons (Fsp3) is 0.400. The van der Waals surface area contributed by atoms with Gasteiger partial charge in [0.15, 0.2) is 5.11 Å². The number of thiocarbonyl (C=S) groups is 1. The first-order valence-corrected chi connectivity index (χ1v) is 8.30. The van der Waals surface area contributed by atoms with Crippen LogP contribution >= 0.6 is 12.2 Å². The zero-order valence-corrected chi connectivity index (χ0v) is 14.3. The topological polar surface area (TPSA) is 117 Å². The number of benzene rings is 1. The number of hydrogen-bond donors (Lipinski definition) is 2. The maximum Gasteiger partial charge on any atom is 0.293 e. The fourth-order valence-electron chi connectivity index (χ4n) is 2.97. The normalized spacial score (nSPS) is 17.8. The molecule has 2 aliphatic heterocycles. The number of nitro benzene ring substituents is 1. The first kappa shape index (κ1) is 17.1. The van der Waals surface area contributed by atoms with Crippen molar-refractivity contribution in [3.05, 3.63) is 33.9 Å². The molecule has 3 N–H and O–H groups in total. The van der Waals surface area contributed by atoms with Gasteiger partial charge in [0.1, 0.15) is 5.69 Å². The highest BCUT2D eigenvalue weighted by Crippen LogP contribution is 2.31. The molecule has 2 heterocycles. The molecule has 0 aliphatic carbocycles. The molecule has 1 saturated heterocycles. The third-order valence-electron chi connectivity index (χ3n) is 4.34. The average Bonchev–Trinajstić information content (AvgIpc) is 2.62. The van der Waals surface area contributed by atoms with Gasteiger partial charge in [-0.05, 0) is 18.3 Å². The van der Waals surface area contributed by atoms with E-state index in [2.05, 4.69) is 10.5 Å². The number of piperazine rings is 1. The van der Waals surface area contributed by atoms with Gasteiger partial charge in [0, 0.05) is 50.7 Å². The van der Waals surface area contributed by atoms with Gasteiger partial charge < -0.3 is 15.5 Å². The van der Waals surface area contributed by atoms with Crippen LogP contribution in [0, 0.1) is 10.1 Å². The molecular weight excluding hydrogens is 344 g/mol. The molecule has 0 radical (unpaired) electrons. The molecule has 1 amide bonds. The summed E-state index contributed by atoms with van der Waals surface area (Å²) >= 11 is 4.97. The molecule has 25 heavy (non-hydrogen) atoms. The van der Waals surface area contributed by atoms with E-state index in [-0.39, 0.29) is 16.5 Å². The van der Waals surface area contributed by atoms with Crippen molar-refractivity contribution >= 4 is 40.3 Å². The number of carbonyl (C=O) groups excluding carboxylic acids is 1. The van der Waals surface area contributed by atoms with Gasteiger partial charge in [-0.2, -0.15) is 5.10 Å². The minimum atomic E-state index is -0.388. The fourth-order valence-corrected chi connectivity index (χ4v) is 3.15. The van der Waals surface area contributed by atoms with E-state index in [1.807, 2.05) is 9.80 Å². The molecule has 2 aliphatic rings. The Morgan fingerprint density at radius 2 is 2.00 bits per heavy atom. The monoisotopic (exact) mass is 362 g/mol. The second-order valence-corrected chi connectivity index (χ2v) is 6.28. The Morgan fingerprint density at radius 1 is 1.28 bits per heavy atom. The molecule has 3 rings (SSSR count). The molecule has 0 aromatic heterocycles. The predicted octanol–water partition coefficient (Wildman–Crippen LogP) is 0.574. The second-order valence-electron chi connectivity index (χ2n) is 5.87. The predicted molar refractivity (Wildman–Crippen MR) is 97.6 cm³/mol. The van der Waals surface area contributed by atoms with Crippen LogP contribution in [0.1, 0.15) is 18.4 Å². The number of nitro groups is 1. The van der Waals surface area contributed by atoms with E-state index in [0.29, 0.717) is 61.1 Å². The molecule has 0 atom stereocenters. The number of nitrogens with one attached hydrogen (secondary N) is 1. The van der Waals surface area contributed by atoms with E-state index in [1.165, 1.54) is 6.07 Å². The molecule has 1 aromatic carbocycles. The first-order valence-electron chi connectivity index (χ1n) is 7.89. The summed E-state index contributed by atoms with van der Waals surface area (Å²) in [6.45, 7) is 2.48. The van der Waals surface area contributed by atoms with E-state index in [9.17, 15) is 14.9 Å². The summed E-state index contributed by atoms with van der Waals surface area (Å²) in [5, 5.41) is 15.9. The molecular formula is C15H18N6O3S. The third kappa shape index (κ3) is 3.68. The smallest absolute Gasteiger partial charge is 0.293 e. The molecule has 1 aromatic rings. The van der Waals surface area contributed by atoms with E-state index in [1.54, 1.807) is 12.1 Å². The van der Waals surface area contributed by atoms with Crippen LogP contribution in [0.3, 0.4) is 0 Å². The van der Waals surface area contributed by atoms with Crippen molar-refractivity contribution in [2.75, 3.05) is 31.1 Å². The summed E-state index contributed by atoms with van der Waals surface area (Å²) in [5.41, 5.74) is 9.93. The van der Waals surface area contributed by atoms with E-state index in [0.717, 1.165) is 0 Å². The third-order valence-corrected chi connectivity index (χ3v) is 4.60. The maximum absolute atomic E-state index is 11.5. The highest BCUT2D eigenvalue weighted by atomic mass is 32.1. The van der Waals surface area contributed by atoms with Crippen LogP contribution in [0.2, 0.25) is 0 Å². The van der Waals surface area contributed by atoms with Crippen molar-refractivity contribution in [2.45, 2.75) is 12.8 Å². The zero-order chi connectivity index (χ0) is 18.0. The van der Waals surface area contributed by atoms with Gasteiger partial charge in [0.25, 0.3) is 5.69 Å². The standard InChI is InChI=1S/C15H18N6O3S/c16-15(25)20-7-5-19(6-8-20)12-3-1-10(9-13(12)21(23)24)11-2-4-14(22)18-17-11/h1,3,9H,2,4-8H2,(H2,16,25)(H,18,22). The summed E-state index contributed by atoms with van der Waals surface area (Å²) in [5.74, 6) is -0.148. The van der Waals surface area contributed by atoms with Gasteiger partial charge in [-0.25, -0.2) is 5.43 Å². The van der Waals surface area contributed by atoms with Crippen LogP contribution in [-0.2, 0) is 4.79 Å². The Balaban J connectivity index is 1.84. The Bertz CT molecular complexity index is 758. The van der Waals surface area contributed by atoms with Crippen molar-refractivity contribution in [3.63, 3.8) is 0 Å². The van der Waals surface area contributed by atoms with E-state index < -0.39 is 0 Å². The molecule has 0 bridgehead atoms. The minimum absolute atomic E-state index is 0.0286. The number of hydrazone groups is 1. The van der Waals surface area contributed by atoms with Gasteiger partial charge in [0.05, 0.1) is 10.6 Å². The highest BCUT2D eigenvalue weighted by molar-refractivity contribution is 7.80. The lowest BCUT2D eigenvalue weighted by Crippen LogP contribution is -2.50. The number of amides is 1. The van der Waals surface area contributed by atoms with Gasteiger partial charge in [0.2, 0.25) is 5.91 Å². The molecule has 0 unspecified atom stereocenters. The Hall–Kier alpha value is -2.75. The van der Waals surface area contributed by atoms with Crippen LogP contribution in [0.4, 0.5) is 11.4 Å². The van der Waals surface area contributed by atoms with Crippen LogP contribution in [0.15, 0.2) is 23.3 Å². The number of hydrogen-bond acceptors (Lipinski definition) is 6. The van der Waals surface area contributed by atoms with Gasteiger partial charge in [-0.3, -0.25) is 14.9 Å². The Kier molecular flexibility index (Phi) is 4.79. The first-order chi connectivity index (χ1) is 12.0. The van der Waals surface area contributed by atoms with Crippen molar-refractivity contribution in [1.82, 2.24) is 10.3 Å². The summed E-state index contributed by atoms with van der Waals surface area (Å²) < 4.78 is 0. The quantitative estimate of drug-likeness (QED) is 0.459. The lowest BCUT2D eigenvalue weighted by molar-refractivity contribution is -0.384. The molecule has 1 fully saturated rings. The molecule has 10 heteroatoms. The average molecular weight is 362 g/mol. The summed E-state index contributed by atoms with van der Waals surface area (Å²) in [6, 6.07) is 5.06. The molecule has 0 spiro atoms. The van der Waals surface area contributed by atoms with Gasteiger partial charge in [-0.15, -0.1) is 0 Å². The van der Waals surface area contributed by atoms with Crippen molar-refractivity contribution in [1.29, 1.82) is 0 Å². The molecule has 0 saturated carbocycles.